The molecule has 0 aromatic carbocycles. The summed E-state index contributed by atoms with van der Waals surface area (Å²) in [5.41, 5.74) is 0. The van der Waals surface area contributed by atoms with E-state index in [4.69, 9.17) is 4.74 Å². The van der Waals surface area contributed by atoms with E-state index in [2.05, 4.69) is 13.8 Å². The number of rotatable bonds is 10. The zero-order chi connectivity index (χ0) is 12.2. The van der Waals surface area contributed by atoms with Gasteiger partial charge in [-0.25, -0.2) is 0 Å². The van der Waals surface area contributed by atoms with Gasteiger partial charge in [-0.1, -0.05) is 46.0 Å². The first kappa shape index (κ1) is 15.5. The van der Waals surface area contributed by atoms with E-state index in [0.29, 0.717) is 6.42 Å². The summed E-state index contributed by atoms with van der Waals surface area (Å²) in [5, 5.41) is 0. The van der Waals surface area contributed by atoms with Crippen LogP contribution in [0.4, 0.5) is 0 Å². The minimum atomic E-state index is -0.0251. The maximum absolute atomic E-state index is 11.3. The van der Waals surface area contributed by atoms with Crippen molar-refractivity contribution in [2.75, 3.05) is 0 Å². The Hall–Kier alpha value is -0.530. The molecule has 0 heterocycles. The summed E-state index contributed by atoms with van der Waals surface area (Å²) in [4.78, 5) is 11.3. The molecule has 2 nitrogen and oxygen atoms in total. The van der Waals surface area contributed by atoms with Gasteiger partial charge in [-0.2, -0.15) is 0 Å². The molecular formula is C14H28O2. The van der Waals surface area contributed by atoms with Gasteiger partial charge in [0.15, 0.2) is 0 Å². The molecule has 0 radical (unpaired) electrons. The third-order valence-electron chi connectivity index (χ3n) is 2.78. The Morgan fingerprint density at radius 1 is 1.00 bits per heavy atom. The lowest BCUT2D eigenvalue weighted by atomic mass is 10.1. The lowest BCUT2D eigenvalue weighted by Gasteiger charge is -2.12. The Morgan fingerprint density at radius 2 is 1.62 bits per heavy atom. The second kappa shape index (κ2) is 11.0. The fourth-order valence-electron chi connectivity index (χ4n) is 1.70. The van der Waals surface area contributed by atoms with E-state index in [1.165, 1.54) is 32.1 Å². The monoisotopic (exact) mass is 228 g/mol. The number of hydrogen-bond donors (Lipinski definition) is 0. The fraction of sp³-hybridized carbons (Fsp3) is 0.929. The Balaban J connectivity index is 3.35. The van der Waals surface area contributed by atoms with Gasteiger partial charge < -0.3 is 4.74 Å². The van der Waals surface area contributed by atoms with Crippen molar-refractivity contribution in [1.29, 1.82) is 0 Å². The van der Waals surface area contributed by atoms with Crippen LogP contribution in [-0.2, 0) is 9.53 Å². The van der Waals surface area contributed by atoms with Crippen LogP contribution in [0.5, 0.6) is 0 Å². The number of hydrogen-bond acceptors (Lipinski definition) is 2. The molecule has 0 amide bonds. The van der Waals surface area contributed by atoms with Crippen LogP contribution in [0.3, 0.4) is 0 Å². The van der Waals surface area contributed by atoms with Gasteiger partial charge in [-0.15, -0.1) is 0 Å². The molecule has 1 atom stereocenters. The van der Waals surface area contributed by atoms with Gasteiger partial charge in [-0.3, -0.25) is 4.79 Å². The minimum Gasteiger partial charge on any atom is -0.463 e. The number of ether oxygens (including phenoxy) is 1. The molecule has 0 bridgehead atoms. The number of esters is 1. The van der Waals surface area contributed by atoms with Crippen LogP contribution in [0.15, 0.2) is 0 Å². The average molecular weight is 228 g/mol. The highest BCUT2D eigenvalue weighted by molar-refractivity contribution is 5.69. The molecule has 0 saturated carbocycles. The van der Waals surface area contributed by atoms with E-state index in [0.717, 1.165) is 19.3 Å². The fourth-order valence-corrected chi connectivity index (χ4v) is 1.70. The summed E-state index contributed by atoms with van der Waals surface area (Å²) >= 11 is 0. The van der Waals surface area contributed by atoms with E-state index in [9.17, 15) is 4.79 Å². The predicted octanol–water partition coefficient (Wildman–Crippen LogP) is 4.47. The van der Waals surface area contributed by atoms with Crippen molar-refractivity contribution in [3.63, 3.8) is 0 Å². The number of carbonyl (C=O) groups is 1. The first-order valence-corrected chi connectivity index (χ1v) is 6.90. The van der Waals surface area contributed by atoms with Crippen LogP contribution in [0.2, 0.25) is 0 Å². The Morgan fingerprint density at radius 3 is 2.25 bits per heavy atom. The van der Waals surface area contributed by atoms with Crippen molar-refractivity contribution in [2.24, 2.45) is 0 Å². The topological polar surface area (TPSA) is 26.3 Å². The SMILES string of the molecule is CCCCCCCC(C)OC(=O)CCCC. The second-order valence-electron chi connectivity index (χ2n) is 4.61. The van der Waals surface area contributed by atoms with Gasteiger partial charge in [0.1, 0.15) is 0 Å². The van der Waals surface area contributed by atoms with Crippen LogP contribution in [0, 0.1) is 0 Å². The molecule has 0 aromatic heterocycles. The maximum Gasteiger partial charge on any atom is 0.306 e. The van der Waals surface area contributed by atoms with Crippen molar-refractivity contribution in [2.45, 2.75) is 84.7 Å². The molecule has 0 rings (SSSR count). The summed E-state index contributed by atoms with van der Waals surface area (Å²) in [5.74, 6) is -0.0251. The Labute approximate surface area is 101 Å². The smallest absolute Gasteiger partial charge is 0.306 e. The summed E-state index contributed by atoms with van der Waals surface area (Å²) in [7, 11) is 0. The van der Waals surface area contributed by atoms with Gasteiger partial charge >= 0.3 is 5.97 Å². The van der Waals surface area contributed by atoms with Crippen molar-refractivity contribution < 1.29 is 9.53 Å². The molecule has 0 aliphatic carbocycles. The average Bonchev–Trinajstić information content (AvgIpc) is 2.26. The summed E-state index contributed by atoms with van der Waals surface area (Å²) in [6.45, 7) is 6.31. The number of unbranched alkanes of at least 4 members (excludes halogenated alkanes) is 5. The lowest BCUT2D eigenvalue weighted by molar-refractivity contribution is -0.148. The maximum atomic E-state index is 11.3. The van der Waals surface area contributed by atoms with Crippen LogP contribution < -0.4 is 0 Å². The predicted molar refractivity (Wildman–Crippen MR) is 68.5 cm³/mol. The van der Waals surface area contributed by atoms with Crippen LogP contribution >= 0.6 is 0 Å². The molecule has 0 aliphatic rings. The molecule has 0 N–H and O–H groups in total. The third kappa shape index (κ3) is 10.0. The zero-order valence-electron chi connectivity index (χ0n) is 11.3. The normalized spacial score (nSPS) is 12.4. The Bertz CT molecular complexity index is 166. The molecular weight excluding hydrogens is 200 g/mol. The summed E-state index contributed by atoms with van der Waals surface area (Å²) in [6, 6.07) is 0. The Kier molecular flexibility index (Phi) is 10.6. The van der Waals surface area contributed by atoms with E-state index in [1.807, 2.05) is 6.92 Å². The third-order valence-corrected chi connectivity index (χ3v) is 2.78. The van der Waals surface area contributed by atoms with E-state index < -0.39 is 0 Å². The van der Waals surface area contributed by atoms with Gasteiger partial charge in [0, 0.05) is 6.42 Å². The largest absolute Gasteiger partial charge is 0.463 e. The molecule has 0 aliphatic heterocycles. The lowest BCUT2D eigenvalue weighted by Crippen LogP contribution is -2.14. The van der Waals surface area contributed by atoms with Crippen LogP contribution in [0.1, 0.15) is 78.6 Å². The van der Waals surface area contributed by atoms with E-state index >= 15 is 0 Å². The van der Waals surface area contributed by atoms with Gasteiger partial charge in [0.05, 0.1) is 6.10 Å². The minimum absolute atomic E-state index is 0.0251. The second-order valence-corrected chi connectivity index (χ2v) is 4.61. The zero-order valence-corrected chi connectivity index (χ0v) is 11.3. The molecule has 0 fully saturated rings. The van der Waals surface area contributed by atoms with E-state index in [1.54, 1.807) is 0 Å². The highest BCUT2D eigenvalue weighted by atomic mass is 16.5. The number of carbonyl (C=O) groups excluding carboxylic acids is 1. The first-order valence-electron chi connectivity index (χ1n) is 6.90. The van der Waals surface area contributed by atoms with E-state index in [-0.39, 0.29) is 12.1 Å². The van der Waals surface area contributed by atoms with Crippen molar-refractivity contribution in [1.82, 2.24) is 0 Å². The van der Waals surface area contributed by atoms with Crippen molar-refractivity contribution in [3.05, 3.63) is 0 Å². The highest BCUT2D eigenvalue weighted by Crippen LogP contribution is 2.10. The quantitative estimate of drug-likeness (QED) is 0.407. The molecule has 16 heavy (non-hydrogen) atoms. The molecule has 0 aromatic rings. The first-order chi connectivity index (χ1) is 7.70. The highest BCUT2D eigenvalue weighted by Gasteiger charge is 2.08. The summed E-state index contributed by atoms with van der Waals surface area (Å²) < 4.78 is 5.32. The van der Waals surface area contributed by atoms with Gasteiger partial charge in [0.25, 0.3) is 0 Å². The van der Waals surface area contributed by atoms with Crippen LogP contribution in [0.25, 0.3) is 0 Å². The molecule has 0 saturated heterocycles. The van der Waals surface area contributed by atoms with Crippen molar-refractivity contribution in [3.8, 4) is 0 Å². The van der Waals surface area contributed by atoms with Gasteiger partial charge in [0.2, 0.25) is 0 Å². The van der Waals surface area contributed by atoms with Crippen molar-refractivity contribution >= 4 is 5.97 Å². The van der Waals surface area contributed by atoms with Gasteiger partial charge in [-0.05, 0) is 26.2 Å². The molecule has 0 spiro atoms. The molecule has 96 valence electrons. The van der Waals surface area contributed by atoms with Crippen LogP contribution in [-0.4, -0.2) is 12.1 Å². The molecule has 2 heteroatoms. The molecule has 1 unspecified atom stereocenters. The standard InChI is InChI=1S/C14H28O2/c1-4-6-8-9-10-11-13(3)16-14(15)12-7-5-2/h13H,4-12H2,1-3H3. The summed E-state index contributed by atoms with van der Waals surface area (Å²) in [6.07, 6.45) is 10.1.